The van der Waals surface area contributed by atoms with Crippen LogP contribution in [0.2, 0.25) is 0 Å². The van der Waals surface area contributed by atoms with Crippen molar-refractivity contribution in [1.82, 2.24) is 14.9 Å². The Hall–Kier alpha value is -3.22. The third kappa shape index (κ3) is 4.31. The van der Waals surface area contributed by atoms with Crippen molar-refractivity contribution in [2.75, 3.05) is 34.4 Å². The molecule has 31 heavy (non-hydrogen) atoms. The molecule has 0 unspecified atom stereocenters. The van der Waals surface area contributed by atoms with Crippen LogP contribution in [0.25, 0.3) is 11.0 Å². The van der Waals surface area contributed by atoms with Gasteiger partial charge in [0, 0.05) is 36.3 Å². The Morgan fingerprint density at radius 3 is 2.35 bits per heavy atom. The number of ether oxygens (including phenoxy) is 3. The number of amides is 1. The monoisotopic (exact) mass is 423 g/mol. The fourth-order valence-electron chi connectivity index (χ4n) is 4.33. The van der Waals surface area contributed by atoms with Crippen molar-refractivity contribution in [2.45, 2.75) is 32.1 Å². The van der Waals surface area contributed by atoms with Crippen molar-refractivity contribution in [1.29, 1.82) is 0 Å². The van der Waals surface area contributed by atoms with E-state index in [0.717, 1.165) is 48.1 Å². The highest BCUT2D eigenvalue weighted by Crippen LogP contribution is 2.38. The largest absolute Gasteiger partial charge is 0.493 e. The Bertz CT molecular complexity index is 1060. The molecule has 7 nitrogen and oxygen atoms in total. The number of fused-ring (bicyclic) bond motifs is 1. The van der Waals surface area contributed by atoms with Crippen LogP contribution in [0.4, 0.5) is 0 Å². The van der Waals surface area contributed by atoms with Gasteiger partial charge in [-0.25, -0.2) is 4.98 Å². The molecule has 0 spiro atoms. The third-order valence-corrected chi connectivity index (χ3v) is 5.99. The smallest absolute Gasteiger partial charge is 0.226 e. The molecule has 7 heteroatoms. The molecule has 1 N–H and O–H groups in total. The first-order chi connectivity index (χ1) is 15.0. The van der Waals surface area contributed by atoms with E-state index < -0.39 is 0 Å². The molecule has 1 aliphatic rings. The van der Waals surface area contributed by atoms with Gasteiger partial charge >= 0.3 is 0 Å². The highest BCUT2D eigenvalue weighted by atomic mass is 16.5. The van der Waals surface area contributed by atoms with Gasteiger partial charge in [-0.2, -0.15) is 0 Å². The first-order valence-electron chi connectivity index (χ1n) is 10.5. The number of methoxy groups -OCH3 is 3. The van der Waals surface area contributed by atoms with E-state index in [1.165, 1.54) is 5.69 Å². The van der Waals surface area contributed by atoms with Crippen molar-refractivity contribution < 1.29 is 19.0 Å². The van der Waals surface area contributed by atoms with Gasteiger partial charge in [-0.05, 0) is 55.2 Å². The number of H-pyrrole nitrogens is 1. The second kappa shape index (κ2) is 8.88. The van der Waals surface area contributed by atoms with E-state index in [0.29, 0.717) is 29.6 Å². The van der Waals surface area contributed by atoms with Gasteiger partial charge in [0.2, 0.25) is 11.7 Å². The Morgan fingerprint density at radius 1 is 1.06 bits per heavy atom. The highest BCUT2D eigenvalue weighted by Gasteiger charge is 2.25. The summed E-state index contributed by atoms with van der Waals surface area (Å²) in [6.07, 6.45) is 4.06. The summed E-state index contributed by atoms with van der Waals surface area (Å²) in [7, 11) is 4.72. The molecule has 0 bridgehead atoms. The minimum Gasteiger partial charge on any atom is -0.493 e. The second-order valence-electron chi connectivity index (χ2n) is 8.04. The van der Waals surface area contributed by atoms with Crippen molar-refractivity contribution in [3.63, 3.8) is 0 Å². The summed E-state index contributed by atoms with van der Waals surface area (Å²) in [6, 6.07) is 8.03. The molecule has 0 radical (unpaired) electrons. The lowest BCUT2D eigenvalue weighted by Crippen LogP contribution is -2.38. The number of benzene rings is 1. The van der Waals surface area contributed by atoms with Gasteiger partial charge in [-0.1, -0.05) is 0 Å². The number of pyridine rings is 1. The van der Waals surface area contributed by atoms with E-state index in [-0.39, 0.29) is 5.91 Å². The zero-order chi connectivity index (χ0) is 22.0. The van der Waals surface area contributed by atoms with E-state index in [1.807, 2.05) is 23.2 Å². The third-order valence-electron chi connectivity index (χ3n) is 5.99. The molecule has 3 heterocycles. The van der Waals surface area contributed by atoms with Gasteiger partial charge < -0.3 is 24.1 Å². The lowest BCUT2D eigenvalue weighted by Gasteiger charge is -2.31. The van der Waals surface area contributed by atoms with Crippen molar-refractivity contribution in [3.8, 4) is 17.2 Å². The molecule has 1 fully saturated rings. The van der Waals surface area contributed by atoms with Gasteiger partial charge in [-0.15, -0.1) is 0 Å². The number of aromatic amines is 1. The van der Waals surface area contributed by atoms with E-state index in [1.54, 1.807) is 21.3 Å². The number of nitrogens with zero attached hydrogens (tertiary/aromatic N) is 2. The van der Waals surface area contributed by atoms with Crippen LogP contribution in [0, 0.1) is 6.92 Å². The first-order valence-corrected chi connectivity index (χ1v) is 10.5. The van der Waals surface area contributed by atoms with Crippen LogP contribution in [0.3, 0.4) is 0 Å². The van der Waals surface area contributed by atoms with Gasteiger partial charge in [0.25, 0.3) is 0 Å². The molecular weight excluding hydrogens is 394 g/mol. The fourth-order valence-corrected chi connectivity index (χ4v) is 4.33. The average molecular weight is 424 g/mol. The normalized spacial score (nSPS) is 14.6. The minimum atomic E-state index is 0.113. The molecule has 0 atom stereocenters. The summed E-state index contributed by atoms with van der Waals surface area (Å²) >= 11 is 0. The van der Waals surface area contributed by atoms with Crippen molar-refractivity contribution in [2.24, 2.45) is 0 Å². The van der Waals surface area contributed by atoms with Crippen LogP contribution in [0.1, 0.15) is 35.6 Å². The Balaban J connectivity index is 1.41. The molecule has 0 aliphatic carbocycles. The van der Waals surface area contributed by atoms with Crippen LogP contribution in [0.15, 0.2) is 30.5 Å². The maximum atomic E-state index is 12.9. The Kier molecular flexibility index (Phi) is 6.02. The number of hydrogen-bond donors (Lipinski definition) is 1. The number of hydrogen-bond acceptors (Lipinski definition) is 5. The highest BCUT2D eigenvalue weighted by molar-refractivity contribution is 5.80. The van der Waals surface area contributed by atoms with Gasteiger partial charge in [0.15, 0.2) is 11.5 Å². The topological polar surface area (TPSA) is 76.7 Å². The number of carbonyl (C=O) groups is 1. The molecule has 3 aromatic rings. The van der Waals surface area contributed by atoms with Crippen LogP contribution < -0.4 is 14.2 Å². The molecular formula is C24H29N3O4. The average Bonchev–Trinajstić information content (AvgIpc) is 3.21. The molecule has 1 amide bonds. The molecule has 1 aliphatic heterocycles. The number of aryl methyl sites for hydroxylation is 1. The number of rotatable bonds is 6. The lowest BCUT2D eigenvalue weighted by molar-refractivity contribution is -0.131. The predicted octanol–water partition coefficient (Wildman–Crippen LogP) is 3.85. The molecule has 0 saturated carbocycles. The van der Waals surface area contributed by atoms with E-state index in [2.05, 4.69) is 29.0 Å². The first kappa shape index (κ1) is 21.0. The Labute approximate surface area is 182 Å². The van der Waals surface area contributed by atoms with Gasteiger partial charge in [0.1, 0.15) is 5.65 Å². The quantitative estimate of drug-likeness (QED) is 0.652. The standard InChI is InChI=1S/C24H29N3O4/c1-15-9-18-13-19(26-24(18)25-14-15)17-5-7-27(8-6-17)22(28)12-16-10-20(29-2)23(31-4)21(11-16)30-3/h9-11,13-14,17H,5-8,12H2,1-4H3,(H,25,26). The lowest BCUT2D eigenvalue weighted by atomic mass is 9.93. The number of likely N-dealkylation sites (tertiary alicyclic amines) is 1. The van der Waals surface area contributed by atoms with E-state index in [9.17, 15) is 4.79 Å². The van der Waals surface area contributed by atoms with Crippen molar-refractivity contribution in [3.05, 3.63) is 47.3 Å². The Morgan fingerprint density at radius 2 is 1.74 bits per heavy atom. The van der Waals surface area contributed by atoms with Crippen LogP contribution >= 0.6 is 0 Å². The molecule has 1 saturated heterocycles. The molecule has 2 aromatic heterocycles. The van der Waals surface area contributed by atoms with Crippen molar-refractivity contribution >= 4 is 16.9 Å². The van der Waals surface area contributed by atoms with Gasteiger partial charge in [0.05, 0.1) is 27.8 Å². The zero-order valence-corrected chi connectivity index (χ0v) is 18.5. The van der Waals surface area contributed by atoms with Crippen LogP contribution in [-0.2, 0) is 11.2 Å². The zero-order valence-electron chi connectivity index (χ0n) is 18.5. The fraction of sp³-hybridized carbons (Fsp3) is 0.417. The minimum absolute atomic E-state index is 0.113. The van der Waals surface area contributed by atoms with Gasteiger partial charge in [-0.3, -0.25) is 4.79 Å². The SMILES string of the molecule is COc1cc(CC(=O)N2CCC(c3cc4cc(C)cnc4[nH]3)CC2)cc(OC)c1OC. The van der Waals surface area contributed by atoms with Crippen LogP contribution in [-0.4, -0.2) is 55.2 Å². The summed E-state index contributed by atoms with van der Waals surface area (Å²) < 4.78 is 16.2. The summed E-state index contributed by atoms with van der Waals surface area (Å²) in [6.45, 7) is 3.54. The summed E-state index contributed by atoms with van der Waals surface area (Å²) in [5.41, 5.74) is 4.15. The molecule has 164 valence electrons. The van der Waals surface area contributed by atoms with E-state index in [4.69, 9.17) is 14.2 Å². The maximum absolute atomic E-state index is 12.9. The summed E-state index contributed by atoms with van der Waals surface area (Å²) in [5, 5.41) is 1.15. The number of nitrogens with one attached hydrogen (secondary N) is 1. The number of carbonyl (C=O) groups excluding carboxylic acids is 1. The molecule has 1 aromatic carbocycles. The second-order valence-corrected chi connectivity index (χ2v) is 8.04. The number of aromatic nitrogens is 2. The molecule has 4 rings (SSSR count). The van der Waals surface area contributed by atoms with E-state index >= 15 is 0 Å². The summed E-state index contributed by atoms with van der Waals surface area (Å²) in [4.78, 5) is 22.8. The summed E-state index contributed by atoms with van der Waals surface area (Å²) in [5.74, 6) is 2.18. The maximum Gasteiger partial charge on any atom is 0.226 e. The predicted molar refractivity (Wildman–Crippen MR) is 119 cm³/mol. The van der Waals surface area contributed by atoms with Crippen LogP contribution in [0.5, 0.6) is 17.2 Å². The number of piperidine rings is 1.